The third-order valence-corrected chi connectivity index (χ3v) is 7.03. The second-order valence-electron chi connectivity index (χ2n) is 8.21. The Morgan fingerprint density at radius 1 is 1.17 bits per heavy atom. The van der Waals surface area contributed by atoms with E-state index in [0.29, 0.717) is 18.9 Å². The first kappa shape index (κ1) is 22.1. The smallest absolute Gasteiger partial charge is 0.191 e. The molecule has 2 N–H and O–H groups in total. The Bertz CT molecular complexity index is 785. The van der Waals surface area contributed by atoms with Crippen molar-refractivity contribution >= 4 is 15.8 Å². The molecular weight excluding hydrogens is 388 g/mol. The van der Waals surface area contributed by atoms with E-state index in [1.54, 1.807) is 0 Å². The molecule has 2 aliphatic rings. The highest BCUT2D eigenvalue weighted by molar-refractivity contribution is 7.91. The summed E-state index contributed by atoms with van der Waals surface area (Å²) in [4.78, 5) is 7.07. The number of hydrogen-bond donors (Lipinski definition) is 2. The van der Waals surface area contributed by atoms with E-state index in [9.17, 15) is 8.42 Å². The molecule has 2 saturated heterocycles. The zero-order valence-electron chi connectivity index (χ0n) is 17.7. The van der Waals surface area contributed by atoms with E-state index < -0.39 is 9.84 Å². The lowest BCUT2D eigenvalue weighted by atomic mass is 10.1. The number of sulfone groups is 1. The Hall–Kier alpha value is -1.64. The van der Waals surface area contributed by atoms with Gasteiger partial charge in [-0.1, -0.05) is 24.3 Å². The molecule has 0 radical (unpaired) electrons. The monoisotopic (exact) mass is 422 g/mol. The second kappa shape index (κ2) is 9.91. The minimum Gasteiger partial charge on any atom is -0.373 e. The summed E-state index contributed by atoms with van der Waals surface area (Å²) in [5.74, 6) is 1.12. The molecule has 3 rings (SSSR count). The van der Waals surface area contributed by atoms with Crippen LogP contribution in [0.4, 0.5) is 0 Å². The summed E-state index contributed by atoms with van der Waals surface area (Å²) >= 11 is 0. The van der Waals surface area contributed by atoms with Crippen molar-refractivity contribution in [2.24, 2.45) is 4.99 Å². The van der Waals surface area contributed by atoms with E-state index in [2.05, 4.69) is 58.6 Å². The number of aliphatic imine (C=N–C) groups is 1. The molecule has 1 aromatic rings. The maximum atomic E-state index is 11.7. The van der Waals surface area contributed by atoms with Gasteiger partial charge in [-0.15, -0.1) is 0 Å². The Kier molecular flexibility index (Phi) is 7.54. The number of benzene rings is 1. The summed E-state index contributed by atoms with van der Waals surface area (Å²) in [5, 5.41) is 6.46. The fraction of sp³-hybridized carbons (Fsp3) is 0.667. The highest BCUT2D eigenvalue weighted by atomic mass is 32.2. The quantitative estimate of drug-likeness (QED) is 0.535. The molecule has 2 aliphatic heterocycles. The molecule has 0 bridgehead atoms. The number of nitrogens with zero attached hydrogens (tertiary/aromatic N) is 2. The maximum absolute atomic E-state index is 11.7. The Morgan fingerprint density at radius 3 is 2.41 bits per heavy atom. The van der Waals surface area contributed by atoms with Gasteiger partial charge in [0.25, 0.3) is 0 Å². The maximum Gasteiger partial charge on any atom is 0.191 e. The van der Waals surface area contributed by atoms with Crippen LogP contribution in [-0.2, 0) is 27.7 Å². The van der Waals surface area contributed by atoms with Crippen LogP contribution in [0.5, 0.6) is 0 Å². The first-order valence-corrected chi connectivity index (χ1v) is 12.4. The van der Waals surface area contributed by atoms with E-state index in [0.717, 1.165) is 31.7 Å². The Balaban J connectivity index is 1.54. The van der Waals surface area contributed by atoms with Gasteiger partial charge in [0.05, 0.1) is 30.3 Å². The van der Waals surface area contributed by atoms with Crippen molar-refractivity contribution in [3.05, 3.63) is 35.4 Å². The van der Waals surface area contributed by atoms with Crippen LogP contribution in [0.15, 0.2) is 29.3 Å². The third kappa shape index (κ3) is 6.97. The van der Waals surface area contributed by atoms with Crippen molar-refractivity contribution in [3.63, 3.8) is 0 Å². The summed E-state index contributed by atoms with van der Waals surface area (Å²) in [7, 11) is -2.90. The van der Waals surface area contributed by atoms with E-state index in [1.165, 1.54) is 5.56 Å². The van der Waals surface area contributed by atoms with Crippen molar-refractivity contribution < 1.29 is 13.2 Å². The molecular formula is C21H34N4O3S. The van der Waals surface area contributed by atoms with Crippen molar-refractivity contribution in [2.45, 2.75) is 58.5 Å². The first-order valence-electron chi connectivity index (χ1n) is 10.5. The lowest BCUT2D eigenvalue weighted by Gasteiger charge is -2.35. The molecule has 0 amide bonds. The van der Waals surface area contributed by atoms with Crippen LogP contribution >= 0.6 is 0 Å². The molecule has 2 fully saturated rings. The van der Waals surface area contributed by atoms with E-state index in [-0.39, 0.29) is 29.8 Å². The van der Waals surface area contributed by atoms with Gasteiger partial charge in [0, 0.05) is 32.2 Å². The number of hydrogen-bond acceptors (Lipinski definition) is 5. The predicted octanol–water partition coefficient (Wildman–Crippen LogP) is 1.54. The molecule has 0 saturated carbocycles. The fourth-order valence-electron chi connectivity index (χ4n) is 4.01. The number of ether oxygens (including phenoxy) is 1. The van der Waals surface area contributed by atoms with Gasteiger partial charge in [-0.3, -0.25) is 4.90 Å². The highest BCUT2D eigenvalue weighted by Crippen LogP contribution is 2.15. The SMILES string of the molecule is CCNC(=NCc1ccc(CN2CC(C)OC(C)C2)cc1)NC1CCS(=O)(=O)C1. The molecule has 29 heavy (non-hydrogen) atoms. The van der Waals surface area contributed by atoms with Crippen LogP contribution in [0.2, 0.25) is 0 Å². The van der Waals surface area contributed by atoms with Crippen molar-refractivity contribution in [1.82, 2.24) is 15.5 Å². The van der Waals surface area contributed by atoms with Crippen molar-refractivity contribution in [3.8, 4) is 0 Å². The fourth-order valence-corrected chi connectivity index (χ4v) is 5.69. The molecule has 0 aromatic heterocycles. The number of morpholine rings is 1. The van der Waals surface area contributed by atoms with Gasteiger partial charge in [0.2, 0.25) is 0 Å². The van der Waals surface area contributed by atoms with Crippen LogP contribution in [0.3, 0.4) is 0 Å². The zero-order chi connectivity index (χ0) is 20.9. The topological polar surface area (TPSA) is 83.0 Å². The summed E-state index contributed by atoms with van der Waals surface area (Å²) in [5.41, 5.74) is 2.42. The largest absolute Gasteiger partial charge is 0.373 e. The lowest BCUT2D eigenvalue weighted by Crippen LogP contribution is -2.44. The number of nitrogens with one attached hydrogen (secondary N) is 2. The standard InChI is InChI=1S/C21H34N4O3S/c1-4-22-21(24-20-9-10-29(26,27)15-20)23-11-18-5-7-19(8-6-18)14-25-12-16(2)28-17(3)13-25/h5-8,16-17,20H,4,9-15H2,1-3H3,(H2,22,23,24). The molecule has 8 heteroatoms. The zero-order valence-corrected chi connectivity index (χ0v) is 18.5. The molecule has 3 unspecified atom stereocenters. The van der Waals surface area contributed by atoms with Gasteiger partial charge in [-0.2, -0.15) is 0 Å². The third-order valence-electron chi connectivity index (χ3n) is 5.26. The van der Waals surface area contributed by atoms with E-state index in [4.69, 9.17) is 4.74 Å². The number of rotatable bonds is 6. The Morgan fingerprint density at radius 2 is 1.83 bits per heavy atom. The molecule has 1 aromatic carbocycles. The van der Waals surface area contributed by atoms with Crippen molar-refractivity contribution in [2.75, 3.05) is 31.1 Å². The second-order valence-corrected chi connectivity index (χ2v) is 10.4. The summed E-state index contributed by atoms with van der Waals surface area (Å²) in [6, 6.07) is 8.52. The highest BCUT2D eigenvalue weighted by Gasteiger charge is 2.28. The molecule has 0 spiro atoms. The van der Waals surface area contributed by atoms with Crippen LogP contribution in [0.25, 0.3) is 0 Å². The van der Waals surface area contributed by atoms with E-state index in [1.807, 2.05) is 6.92 Å². The average Bonchev–Trinajstić information content (AvgIpc) is 2.99. The van der Waals surface area contributed by atoms with Crippen LogP contribution in [-0.4, -0.2) is 68.7 Å². The molecule has 3 atom stereocenters. The first-order chi connectivity index (χ1) is 13.8. The lowest BCUT2D eigenvalue weighted by molar-refractivity contribution is -0.0704. The van der Waals surface area contributed by atoms with Crippen LogP contribution in [0.1, 0.15) is 38.3 Å². The Labute approximate surface area is 174 Å². The summed E-state index contributed by atoms with van der Waals surface area (Å²) in [6.45, 7) is 10.4. The normalized spacial score (nSPS) is 27.7. The van der Waals surface area contributed by atoms with Crippen molar-refractivity contribution in [1.29, 1.82) is 0 Å². The molecule has 7 nitrogen and oxygen atoms in total. The molecule has 162 valence electrons. The average molecular weight is 423 g/mol. The molecule has 0 aliphatic carbocycles. The minimum absolute atomic E-state index is 0.0570. The van der Waals surface area contributed by atoms with Gasteiger partial charge in [0.15, 0.2) is 15.8 Å². The van der Waals surface area contributed by atoms with Gasteiger partial charge < -0.3 is 15.4 Å². The predicted molar refractivity (Wildman–Crippen MR) is 117 cm³/mol. The van der Waals surface area contributed by atoms with Crippen LogP contribution in [0, 0.1) is 0 Å². The minimum atomic E-state index is -2.90. The summed E-state index contributed by atoms with van der Waals surface area (Å²) in [6.07, 6.45) is 1.19. The van der Waals surface area contributed by atoms with Gasteiger partial charge in [0.1, 0.15) is 0 Å². The molecule has 2 heterocycles. The van der Waals surface area contributed by atoms with Gasteiger partial charge in [-0.25, -0.2) is 13.4 Å². The van der Waals surface area contributed by atoms with Crippen LogP contribution < -0.4 is 10.6 Å². The number of guanidine groups is 1. The summed E-state index contributed by atoms with van der Waals surface area (Å²) < 4.78 is 29.1. The van der Waals surface area contributed by atoms with Gasteiger partial charge in [-0.05, 0) is 38.3 Å². The van der Waals surface area contributed by atoms with E-state index >= 15 is 0 Å². The van der Waals surface area contributed by atoms with Gasteiger partial charge >= 0.3 is 0 Å².